The molecular formula is C15H13Br2ClFN. The highest BCUT2D eigenvalue weighted by Crippen LogP contribution is 2.35. The largest absolute Gasteiger partial charge is 0.376 e. The molecular weight excluding hydrogens is 408 g/mol. The molecule has 1 atom stereocenters. The summed E-state index contributed by atoms with van der Waals surface area (Å²) in [5.74, 6) is -0.357. The number of halogens is 4. The van der Waals surface area contributed by atoms with Crippen LogP contribution in [0.5, 0.6) is 0 Å². The van der Waals surface area contributed by atoms with E-state index >= 15 is 0 Å². The van der Waals surface area contributed by atoms with E-state index < -0.39 is 0 Å². The van der Waals surface area contributed by atoms with Crippen molar-refractivity contribution in [2.45, 2.75) is 19.4 Å². The third kappa shape index (κ3) is 3.74. The zero-order valence-electron chi connectivity index (χ0n) is 10.8. The molecule has 0 amide bonds. The number of benzene rings is 2. The minimum absolute atomic E-state index is 0.113. The number of anilines is 1. The van der Waals surface area contributed by atoms with Crippen LogP contribution in [0.25, 0.3) is 0 Å². The van der Waals surface area contributed by atoms with Crippen LogP contribution in [0.3, 0.4) is 0 Å². The monoisotopic (exact) mass is 419 g/mol. The molecule has 1 unspecified atom stereocenters. The van der Waals surface area contributed by atoms with Crippen molar-refractivity contribution in [3.05, 3.63) is 61.7 Å². The van der Waals surface area contributed by atoms with Gasteiger partial charge < -0.3 is 5.32 Å². The second-order valence-electron chi connectivity index (χ2n) is 4.40. The van der Waals surface area contributed by atoms with Crippen LogP contribution in [0.1, 0.15) is 24.9 Å². The normalized spacial score (nSPS) is 12.2. The predicted molar refractivity (Wildman–Crippen MR) is 89.9 cm³/mol. The lowest BCUT2D eigenvalue weighted by molar-refractivity contribution is 0.627. The Hall–Kier alpha value is -0.580. The van der Waals surface area contributed by atoms with Crippen molar-refractivity contribution in [1.29, 1.82) is 0 Å². The summed E-state index contributed by atoms with van der Waals surface area (Å²) in [4.78, 5) is 0. The van der Waals surface area contributed by atoms with Crippen LogP contribution in [0.15, 0.2) is 45.3 Å². The van der Waals surface area contributed by atoms with Gasteiger partial charge in [-0.1, -0.05) is 46.6 Å². The van der Waals surface area contributed by atoms with Crippen LogP contribution in [0, 0.1) is 5.82 Å². The second-order valence-corrected chi connectivity index (χ2v) is 6.58. The average molecular weight is 422 g/mol. The predicted octanol–water partition coefficient (Wildman–Crippen LogP) is 6.57. The van der Waals surface area contributed by atoms with E-state index in [4.69, 9.17) is 11.6 Å². The highest BCUT2D eigenvalue weighted by molar-refractivity contribution is 9.10. The molecule has 0 aliphatic rings. The summed E-state index contributed by atoms with van der Waals surface area (Å²) < 4.78 is 14.9. The van der Waals surface area contributed by atoms with Gasteiger partial charge in [-0.05, 0) is 52.2 Å². The first-order chi connectivity index (χ1) is 9.51. The first kappa shape index (κ1) is 15.8. The number of rotatable bonds is 4. The maximum absolute atomic E-state index is 13.2. The van der Waals surface area contributed by atoms with Crippen molar-refractivity contribution in [1.82, 2.24) is 0 Å². The van der Waals surface area contributed by atoms with Crippen LogP contribution < -0.4 is 5.32 Å². The molecule has 0 saturated heterocycles. The molecule has 0 bridgehead atoms. The Bertz CT molecular complexity index is 578. The first-order valence-corrected chi connectivity index (χ1v) is 8.14. The van der Waals surface area contributed by atoms with Gasteiger partial charge in [-0.25, -0.2) is 4.39 Å². The van der Waals surface area contributed by atoms with Crippen molar-refractivity contribution >= 4 is 49.1 Å². The van der Waals surface area contributed by atoms with Gasteiger partial charge in [0.1, 0.15) is 5.82 Å². The zero-order chi connectivity index (χ0) is 14.7. The van der Waals surface area contributed by atoms with E-state index in [0.29, 0.717) is 15.2 Å². The smallest absolute Gasteiger partial charge is 0.125 e. The number of nitrogens with one attached hydrogen (secondary N) is 1. The molecule has 0 aliphatic carbocycles. The Balaban J connectivity index is 2.29. The van der Waals surface area contributed by atoms with Crippen LogP contribution >= 0.6 is 43.5 Å². The summed E-state index contributed by atoms with van der Waals surface area (Å²) in [6.07, 6.45) is 0.891. The van der Waals surface area contributed by atoms with Gasteiger partial charge in [0.25, 0.3) is 0 Å². The van der Waals surface area contributed by atoms with Crippen LogP contribution in [-0.4, -0.2) is 0 Å². The van der Waals surface area contributed by atoms with Crippen LogP contribution in [-0.2, 0) is 0 Å². The first-order valence-electron chi connectivity index (χ1n) is 6.17. The maximum Gasteiger partial charge on any atom is 0.125 e. The highest BCUT2D eigenvalue weighted by Gasteiger charge is 2.14. The molecule has 0 fully saturated rings. The van der Waals surface area contributed by atoms with Crippen molar-refractivity contribution < 1.29 is 4.39 Å². The fraction of sp³-hybridized carbons (Fsp3) is 0.200. The van der Waals surface area contributed by atoms with Crippen molar-refractivity contribution in [2.24, 2.45) is 0 Å². The number of hydrogen-bond donors (Lipinski definition) is 1. The lowest BCUT2D eigenvalue weighted by Gasteiger charge is -2.21. The molecule has 0 aromatic heterocycles. The van der Waals surface area contributed by atoms with Gasteiger partial charge in [-0.15, -0.1) is 0 Å². The van der Waals surface area contributed by atoms with E-state index in [2.05, 4.69) is 56.2 Å². The lowest BCUT2D eigenvalue weighted by atomic mass is 10.0. The van der Waals surface area contributed by atoms with Gasteiger partial charge in [-0.2, -0.15) is 0 Å². The molecule has 5 heteroatoms. The summed E-state index contributed by atoms with van der Waals surface area (Å²) in [6, 6.07) is 10.9. The fourth-order valence-corrected chi connectivity index (χ4v) is 3.16. The quantitative estimate of drug-likeness (QED) is 0.589. The Morgan fingerprint density at radius 3 is 2.40 bits per heavy atom. The fourth-order valence-electron chi connectivity index (χ4n) is 1.97. The molecule has 0 saturated carbocycles. The zero-order valence-corrected chi connectivity index (χ0v) is 14.7. The summed E-state index contributed by atoms with van der Waals surface area (Å²) in [5, 5.41) is 3.74. The highest BCUT2D eigenvalue weighted by atomic mass is 79.9. The molecule has 106 valence electrons. The molecule has 20 heavy (non-hydrogen) atoms. The molecule has 0 heterocycles. The van der Waals surface area contributed by atoms with Crippen LogP contribution in [0.4, 0.5) is 10.1 Å². The molecule has 1 nitrogen and oxygen atoms in total. The summed E-state index contributed by atoms with van der Waals surface area (Å²) >= 11 is 12.9. The van der Waals surface area contributed by atoms with E-state index in [0.717, 1.165) is 16.5 Å². The minimum Gasteiger partial charge on any atom is -0.376 e. The Morgan fingerprint density at radius 2 is 1.85 bits per heavy atom. The third-order valence-electron chi connectivity index (χ3n) is 3.01. The standard InChI is InChI=1S/C15H13Br2ClFN/c1-2-14(9-3-5-10(16)6-4-9)20-15-12(17)7-11(19)8-13(15)18/h3-8,14,20H,2H2,1H3. The van der Waals surface area contributed by atoms with E-state index in [1.54, 1.807) is 0 Å². The van der Waals surface area contributed by atoms with E-state index in [1.807, 2.05) is 12.1 Å². The van der Waals surface area contributed by atoms with Gasteiger partial charge in [-0.3, -0.25) is 0 Å². The van der Waals surface area contributed by atoms with Crippen molar-refractivity contribution in [2.75, 3.05) is 5.32 Å². The van der Waals surface area contributed by atoms with E-state index in [-0.39, 0.29) is 11.9 Å². The molecule has 2 aromatic rings. The minimum atomic E-state index is -0.357. The summed E-state index contributed by atoms with van der Waals surface area (Å²) in [6.45, 7) is 2.09. The number of hydrogen-bond acceptors (Lipinski definition) is 1. The second kappa shape index (κ2) is 6.92. The molecule has 2 rings (SSSR count). The topological polar surface area (TPSA) is 12.0 Å². The maximum atomic E-state index is 13.2. The molecule has 1 N–H and O–H groups in total. The molecule has 0 aliphatic heterocycles. The van der Waals surface area contributed by atoms with Crippen molar-refractivity contribution in [3.8, 4) is 0 Å². The van der Waals surface area contributed by atoms with Gasteiger partial charge in [0.05, 0.1) is 16.8 Å². The average Bonchev–Trinajstić information content (AvgIpc) is 2.39. The van der Waals surface area contributed by atoms with Gasteiger partial charge in [0, 0.05) is 8.95 Å². The summed E-state index contributed by atoms with van der Waals surface area (Å²) in [5.41, 5.74) is 1.87. The summed E-state index contributed by atoms with van der Waals surface area (Å²) in [7, 11) is 0. The Morgan fingerprint density at radius 1 is 1.20 bits per heavy atom. The SMILES string of the molecule is CCC(Nc1c(Cl)cc(F)cc1Br)c1ccc(Br)cc1. The van der Waals surface area contributed by atoms with Gasteiger partial charge >= 0.3 is 0 Å². The molecule has 2 aromatic carbocycles. The van der Waals surface area contributed by atoms with E-state index in [9.17, 15) is 4.39 Å². The van der Waals surface area contributed by atoms with Crippen LogP contribution in [0.2, 0.25) is 5.02 Å². The third-order valence-corrected chi connectivity index (χ3v) is 4.46. The van der Waals surface area contributed by atoms with Gasteiger partial charge in [0.15, 0.2) is 0 Å². The van der Waals surface area contributed by atoms with Crippen molar-refractivity contribution in [3.63, 3.8) is 0 Å². The van der Waals surface area contributed by atoms with E-state index in [1.165, 1.54) is 12.1 Å². The Kier molecular flexibility index (Phi) is 5.47. The lowest BCUT2D eigenvalue weighted by Crippen LogP contribution is -2.10. The van der Waals surface area contributed by atoms with Gasteiger partial charge in [0.2, 0.25) is 0 Å². The molecule has 0 radical (unpaired) electrons. The molecule has 0 spiro atoms. The Labute approximate surface area is 139 Å².